The van der Waals surface area contributed by atoms with E-state index in [1.165, 1.54) is 16.2 Å². The monoisotopic (exact) mass is 340 g/mol. The van der Waals surface area contributed by atoms with Crippen molar-refractivity contribution in [3.63, 3.8) is 0 Å². The SMILES string of the molecule is Nc1nc2ccc(SCc3ccc(Cl)c(Cl)c3)cc2s1. The highest BCUT2D eigenvalue weighted by Gasteiger charge is 2.04. The molecule has 3 aromatic rings. The van der Waals surface area contributed by atoms with Gasteiger partial charge in [-0.25, -0.2) is 4.98 Å². The number of benzene rings is 2. The van der Waals surface area contributed by atoms with Gasteiger partial charge in [-0.05, 0) is 35.9 Å². The van der Waals surface area contributed by atoms with Crippen LogP contribution in [0.5, 0.6) is 0 Å². The van der Waals surface area contributed by atoms with Gasteiger partial charge in [0, 0.05) is 10.6 Å². The van der Waals surface area contributed by atoms with Crippen molar-refractivity contribution in [3.05, 3.63) is 52.0 Å². The van der Waals surface area contributed by atoms with E-state index in [1.54, 1.807) is 11.8 Å². The Hall–Kier alpha value is -0.940. The van der Waals surface area contributed by atoms with E-state index in [-0.39, 0.29) is 0 Å². The van der Waals surface area contributed by atoms with Gasteiger partial charge in [0.25, 0.3) is 0 Å². The molecule has 0 fully saturated rings. The van der Waals surface area contributed by atoms with Crippen LogP contribution in [0.3, 0.4) is 0 Å². The summed E-state index contributed by atoms with van der Waals surface area (Å²) >= 11 is 15.2. The Balaban J connectivity index is 1.77. The van der Waals surface area contributed by atoms with Gasteiger partial charge in [-0.2, -0.15) is 0 Å². The van der Waals surface area contributed by atoms with Gasteiger partial charge < -0.3 is 5.73 Å². The number of nitrogens with zero attached hydrogens (tertiary/aromatic N) is 1. The molecule has 102 valence electrons. The number of aromatic nitrogens is 1. The highest BCUT2D eigenvalue weighted by molar-refractivity contribution is 7.98. The van der Waals surface area contributed by atoms with E-state index >= 15 is 0 Å². The minimum Gasteiger partial charge on any atom is -0.375 e. The van der Waals surface area contributed by atoms with Crippen LogP contribution in [0.15, 0.2) is 41.3 Å². The van der Waals surface area contributed by atoms with Crippen molar-refractivity contribution in [1.82, 2.24) is 4.98 Å². The second-order valence-corrected chi connectivity index (χ2v) is 7.14. The van der Waals surface area contributed by atoms with Crippen LogP contribution in [-0.2, 0) is 5.75 Å². The number of nitrogen functional groups attached to an aromatic ring is 1. The molecule has 3 rings (SSSR count). The number of halogens is 2. The zero-order valence-electron chi connectivity index (χ0n) is 10.3. The number of hydrogen-bond acceptors (Lipinski definition) is 4. The van der Waals surface area contributed by atoms with E-state index in [0.29, 0.717) is 15.2 Å². The minimum absolute atomic E-state index is 0.585. The van der Waals surface area contributed by atoms with Crippen molar-refractivity contribution in [3.8, 4) is 0 Å². The standard InChI is InChI=1S/C14H10Cl2N2S2/c15-10-3-1-8(5-11(10)16)7-19-9-2-4-12-13(6-9)20-14(17)18-12/h1-6H,7H2,(H2,17,18). The average Bonchev–Trinajstić information content (AvgIpc) is 2.79. The smallest absolute Gasteiger partial charge is 0.181 e. The molecule has 0 bridgehead atoms. The van der Waals surface area contributed by atoms with Crippen LogP contribution in [0.4, 0.5) is 5.13 Å². The molecule has 2 aromatic carbocycles. The maximum absolute atomic E-state index is 6.01. The molecule has 6 heteroatoms. The molecular weight excluding hydrogens is 331 g/mol. The molecule has 0 aliphatic rings. The summed E-state index contributed by atoms with van der Waals surface area (Å²) in [5.41, 5.74) is 7.81. The van der Waals surface area contributed by atoms with E-state index < -0.39 is 0 Å². The van der Waals surface area contributed by atoms with E-state index in [4.69, 9.17) is 28.9 Å². The van der Waals surface area contributed by atoms with Crippen LogP contribution in [-0.4, -0.2) is 4.98 Å². The third-order valence-corrected chi connectivity index (χ3v) is 5.42. The summed E-state index contributed by atoms with van der Waals surface area (Å²) in [4.78, 5) is 5.44. The van der Waals surface area contributed by atoms with Crippen molar-refractivity contribution in [2.45, 2.75) is 10.6 Å². The normalized spacial score (nSPS) is 11.1. The molecule has 1 heterocycles. The number of thiazole rings is 1. The Bertz CT molecular complexity index is 771. The lowest BCUT2D eigenvalue weighted by atomic mass is 10.2. The first-order valence-electron chi connectivity index (χ1n) is 5.84. The van der Waals surface area contributed by atoms with Crippen LogP contribution in [0.2, 0.25) is 10.0 Å². The van der Waals surface area contributed by atoms with Gasteiger partial charge in [-0.3, -0.25) is 0 Å². The van der Waals surface area contributed by atoms with Gasteiger partial charge in [-0.15, -0.1) is 11.8 Å². The Morgan fingerprint density at radius 1 is 1.10 bits per heavy atom. The number of nitrogens with two attached hydrogens (primary N) is 1. The molecule has 0 saturated heterocycles. The second kappa shape index (κ2) is 5.82. The van der Waals surface area contributed by atoms with Gasteiger partial charge in [0.2, 0.25) is 0 Å². The second-order valence-electron chi connectivity index (χ2n) is 4.22. The molecule has 0 saturated carbocycles. The first-order chi connectivity index (χ1) is 9.61. The summed E-state index contributed by atoms with van der Waals surface area (Å²) < 4.78 is 1.11. The fraction of sp³-hybridized carbons (Fsp3) is 0.0714. The van der Waals surface area contributed by atoms with Crippen molar-refractivity contribution in [2.24, 2.45) is 0 Å². The predicted molar refractivity (Wildman–Crippen MR) is 90.1 cm³/mol. The largest absolute Gasteiger partial charge is 0.375 e. The Morgan fingerprint density at radius 2 is 1.95 bits per heavy atom. The lowest BCUT2D eigenvalue weighted by Gasteiger charge is -2.04. The fourth-order valence-electron chi connectivity index (χ4n) is 1.81. The predicted octanol–water partition coefficient (Wildman–Crippen LogP) is 5.48. The van der Waals surface area contributed by atoms with E-state index in [2.05, 4.69) is 17.1 Å². The summed E-state index contributed by atoms with van der Waals surface area (Å²) in [6, 6.07) is 11.9. The summed E-state index contributed by atoms with van der Waals surface area (Å²) in [6.45, 7) is 0. The Labute approximate surface area is 134 Å². The van der Waals surface area contributed by atoms with Crippen LogP contribution in [0.1, 0.15) is 5.56 Å². The summed E-state index contributed by atoms with van der Waals surface area (Å²) in [5, 5.41) is 1.78. The highest BCUT2D eigenvalue weighted by Crippen LogP contribution is 2.31. The summed E-state index contributed by atoms with van der Waals surface area (Å²) in [6.07, 6.45) is 0. The van der Waals surface area contributed by atoms with Gasteiger partial charge in [0.15, 0.2) is 5.13 Å². The van der Waals surface area contributed by atoms with Gasteiger partial charge in [0.05, 0.1) is 20.3 Å². The Kier molecular flexibility index (Phi) is 4.08. The first-order valence-corrected chi connectivity index (χ1v) is 8.40. The third kappa shape index (κ3) is 3.04. The zero-order valence-corrected chi connectivity index (χ0v) is 13.4. The number of fused-ring (bicyclic) bond motifs is 1. The molecule has 0 aliphatic heterocycles. The highest BCUT2D eigenvalue weighted by atomic mass is 35.5. The van der Waals surface area contributed by atoms with Crippen molar-refractivity contribution in [1.29, 1.82) is 0 Å². The molecule has 20 heavy (non-hydrogen) atoms. The van der Waals surface area contributed by atoms with E-state index in [9.17, 15) is 0 Å². The molecule has 0 atom stereocenters. The number of thioether (sulfide) groups is 1. The first kappa shape index (κ1) is 14.0. The van der Waals surface area contributed by atoms with Gasteiger partial charge in [0.1, 0.15) is 0 Å². The molecule has 2 N–H and O–H groups in total. The number of anilines is 1. The number of hydrogen-bond donors (Lipinski definition) is 1. The molecule has 0 spiro atoms. The third-order valence-electron chi connectivity index (χ3n) is 2.77. The maximum Gasteiger partial charge on any atom is 0.181 e. The lowest BCUT2D eigenvalue weighted by Crippen LogP contribution is -1.81. The van der Waals surface area contributed by atoms with Crippen molar-refractivity contribution < 1.29 is 0 Å². The van der Waals surface area contributed by atoms with Crippen LogP contribution >= 0.6 is 46.3 Å². The zero-order chi connectivity index (χ0) is 14.1. The maximum atomic E-state index is 6.01. The van der Waals surface area contributed by atoms with Crippen molar-refractivity contribution in [2.75, 3.05) is 5.73 Å². The lowest BCUT2D eigenvalue weighted by molar-refractivity contribution is 1.39. The van der Waals surface area contributed by atoms with Gasteiger partial charge in [-0.1, -0.05) is 40.6 Å². The molecule has 0 radical (unpaired) electrons. The quantitative estimate of drug-likeness (QED) is 0.641. The topological polar surface area (TPSA) is 38.9 Å². The summed E-state index contributed by atoms with van der Waals surface area (Å²) in [7, 11) is 0. The Morgan fingerprint density at radius 3 is 2.75 bits per heavy atom. The molecule has 2 nitrogen and oxygen atoms in total. The minimum atomic E-state index is 0.585. The van der Waals surface area contributed by atoms with E-state index in [1.807, 2.05) is 24.3 Å². The number of rotatable bonds is 3. The molecule has 0 unspecified atom stereocenters. The van der Waals surface area contributed by atoms with Crippen molar-refractivity contribution >= 4 is 61.6 Å². The van der Waals surface area contributed by atoms with Crippen LogP contribution in [0, 0.1) is 0 Å². The van der Waals surface area contributed by atoms with Crippen LogP contribution in [0.25, 0.3) is 10.2 Å². The molecule has 1 aromatic heterocycles. The van der Waals surface area contributed by atoms with Gasteiger partial charge >= 0.3 is 0 Å². The molecule has 0 amide bonds. The van der Waals surface area contributed by atoms with E-state index in [0.717, 1.165) is 21.5 Å². The molecular formula is C14H10Cl2N2S2. The fourth-order valence-corrected chi connectivity index (χ4v) is 3.86. The van der Waals surface area contributed by atoms with Crippen LogP contribution < -0.4 is 5.73 Å². The average molecular weight is 341 g/mol. The summed E-state index contributed by atoms with van der Waals surface area (Å²) in [5.74, 6) is 0.844. The molecule has 0 aliphatic carbocycles.